The van der Waals surface area contributed by atoms with Crippen LogP contribution in [0, 0.1) is 0 Å². The monoisotopic (exact) mass is 672 g/mol. The third kappa shape index (κ3) is 6.42. The SMILES string of the molecule is CCCCCCCCCCCC(=O)[NH][Hf]([Cl])([Cl])([c]1cccc2c1Cc1ccccc1-2)[SiH](C)C. The predicted molar refractivity (Wildman–Crippen MR) is 145 cm³/mol. The molecule has 1 aliphatic carbocycles. The van der Waals surface area contributed by atoms with E-state index in [1.165, 1.54) is 67.2 Å². The van der Waals surface area contributed by atoms with Crippen LogP contribution in [0.15, 0.2) is 42.5 Å². The summed E-state index contributed by atoms with van der Waals surface area (Å²) >= 11 is -4.81. The molecule has 0 aliphatic heterocycles. The zero-order valence-corrected chi connectivity index (χ0v) is 26.8. The molecular weight excluding hydrogens is 632 g/mol. The van der Waals surface area contributed by atoms with Gasteiger partial charge in [0.05, 0.1) is 0 Å². The molecule has 1 aliphatic rings. The number of carbonyl (C=O) groups excluding carboxylic acids is 1. The van der Waals surface area contributed by atoms with E-state index in [1.54, 1.807) is 0 Å². The van der Waals surface area contributed by atoms with Crippen molar-refractivity contribution in [1.29, 1.82) is 0 Å². The number of unbranched alkanes of at least 4 members (excludes halogenated alkanes) is 8. The number of rotatable bonds is 13. The third-order valence-electron chi connectivity index (χ3n) is 7.23. The number of carbonyl (C=O) groups is 1. The molecule has 1 amide bonds. The van der Waals surface area contributed by atoms with Crippen LogP contribution in [0.5, 0.6) is 0 Å². The van der Waals surface area contributed by atoms with Gasteiger partial charge in [-0.2, -0.15) is 0 Å². The Morgan fingerprint density at radius 3 is 2.15 bits per heavy atom. The van der Waals surface area contributed by atoms with E-state index in [4.69, 9.17) is 17.2 Å². The van der Waals surface area contributed by atoms with Gasteiger partial charge >= 0.3 is 204 Å². The van der Waals surface area contributed by atoms with Gasteiger partial charge in [0.1, 0.15) is 0 Å². The number of fused-ring (bicyclic) bond motifs is 3. The van der Waals surface area contributed by atoms with Crippen molar-refractivity contribution in [1.82, 2.24) is 3.30 Å². The van der Waals surface area contributed by atoms with Crippen molar-refractivity contribution in [3.8, 4) is 11.1 Å². The number of benzene rings is 2. The summed E-state index contributed by atoms with van der Waals surface area (Å²) < 4.78 is 4.42. The van der Waals surface area contributed by atoms with Crippen LogP contribution in [0.2, 0.25) is 13.1 Å². The van der Waals surface area contributed by atoms with E-state index in [9.17, 15) is 4.79 Å². The first-order chi connectivity index (χ1) is 15.8. The average Bonchev–Trinajstić information content (AvgIpc) is 3.16. The zero-order valence-electron chi connectivity index (χ0n) is 20.6. The van der Waals surface area contributed by atoms with Gasteiger partial charge in [0.15, 0.2) is 0 Å². The first-order valence-corrected chi connectivity index (χ1v) is 34.5. The van der Waals surface area contributed by atoms with Crippen molar-refractivity contribution >= 4 is 32.4 Å². The number of halogens is 2. The molecule has 1 N–H and O–H groups in total. The van der Waals surface area contributed by atoms with Gasteiger partial charge in [-0.1, -0.05) is 6.92 Å². The van der Waals surface area contributed by atoms with Gasteiger partial charge in [0.2, 0.25) is 0 Å². The fourth-order valence-electron chi connectivity index (χ4n) is 5.02. The molecule has 0 saturated carbocycles. The van der Waals surface area contributed by atoms with Crippen LogP contribution in [0.3, 0.4) is 0 Å². The minimum absolute atomic E-state index is 0.0487. The van der Waals surface area contributed by atoms with Crippen molar-refractivity contribution in [2.75, 3.05) is 0 Å². The first kappa shape index (κ1) is 27.2. The zero-order chi connectivity index (χ0) is 23.9. The van der Waals surface area contributed by atoms with Crippen molar-refractivity contribution < 1.29 is 20.4 Å². The van der Waals surface area contributed by atoms with Crippen LogP contribution in [0.1, 0.15) is 82.3 Å². The number of amides is 1. The van der Waals surface area contributed by atoms with Crippen LogP contribution in [-0.4, -0.2) is 11.9 Å². The van der Waals surface area contributed by atoms with Crippen LogP contribution >= 0.6 is 17.2 Å². The maximum atomic E-state index is 13.1. The standard InChI is InChI=1S/C13H9.C12H25NO.C2H7Si.2ClH.Hf/c1-3-7-12-10(5-1)9-11-6-2-4-8-13(11)12;1-2-3-4-5-6-7-8-9-10-11-12(13)14;1-3-2;;;/h1-5,7-8H,9H2;2-11H2,1H3,(H2,13,14);3H,1-2H3;2*1H;/q;;;;;+3/p-3. The van der Waals surface area contributed by atoms with Crippen LogP contribution < -0.4 is 6.62 Å². The van der Waals surface area contributed by atoms with E-state index < -0.39 is 21.6 Å². The Bertz CT molecular complexity index is 963. The van der Waals surface area contributed by atoms with Gasteiger partial charge < -0.3 is 0 Å². The summed E-state index contributed by atoms with van der Waals surface area (Å²) in [6, 6.07) is 14.9. The minimum atomic E-state index is -4.81. The molecule has 2 aromatic rings. The van der Waals surface area contributed by atoms with Crippen molar-refractivity contribution in [2.45, 2.75) is 90.6 Å². The predicted octanol–water partition coefficient (Wildman–Crippen LogP) is 7.82. The molecule has 0 atom stereocenters. The molecule has 0 unspecified atom stereocenters. The Morgan fingerprint density at radius 2 is 1.48 bits per heavy atom. The van der Waals surface area contributed by atoms with Crippen molar-refractivity contribution in [3.05, 3.63) is 53.6 Å². The van der Waals surface area contributed by atoms with E-state index in [-0.39, 0.29) is 5.91 Å². The van der Waals surface area contributed by atoms with E-state index >= 15 is 0 Å². The summed E-state index contributed by atoms with van der Waals surface area (Å²) in [5, 5.41) is 0. The van der Waals surface area contributed by atoms with Gasteiger partial charge in [-0.15, -0.1) is 0 Å². The Labute approximate surface area is 210 Å². The van der Waals surface area contributed by atoms with E-state index in [1.807, 2.05) is 0 Å². The first-order valence-electron chi connectivity index (χ1n) is 12.9. The van der Waals surface area contributed by atoms with Crippen molar-refractivity contribution in [2.24, 2.45) is 0 Å². The second kappa shape index (κ2) is 12.0. The number of nitrogens with one attached hydrogen (secondary N) is 1. The maximum absolute atomic E-state index is 13.1. The molecule has 0 heterocycles. The van der Waals surface area contributed by atoms with Crippen LogP contribution in [0.25, 0.3) is 11.1 Å². The summed E-state index contributed by atoms with van der Waals surface area (Å²) in [5.74, 6) is -1.53. The molecular formula is C27H40Cl2HfNOSi. The molecule has 2 nitrogen and oxygen atoms in total. The molecule has 181 valence electrons. The summed E-state index contributed by atoms with van der Waals surface area (Å²) in [4.78, 5) is 13.1. The summed E-state index contributed by atoms with van der Waals surface area (Å²) in [6.07, 6.45) is 12.5. The molecule has 3 rings (SSSR count). The second-order valence-corrected chi connectivity index (χ2v) is 65.3. The molecule has 33 heavy (non-hydrogen) atoms. The topological polar surface area (TPSA) is 29.1 Å². The second-order valence-electron chi connectivity index (χ2n) is 10.0. The number of hydrogen-bond donors (Lipinski definition) is 1. The van der Waals surface area contributed by atoms with Gasteiger partial charge in [-0.05, 0) is 0 Å². The quantitative estimate of drug-likeness (QED) is 0.146. The molecule has 0 aromatic heterocycles. The van der Waals surface area contributed by atoms with Crippen LogP contribution in [0.4, 0.5) is 0 Å². The molecule has 0 fully saturated rings. The number of hydrogen-bond acceptors (Lipinski definition) is 1. The fraction of sp³-hybridized carbons (Fsp3) is 0.519. The Morgan fingerprint density at radius 1 is 0.879 bits per heavy atom. The molecule has 0 radical (unpaired) electrons. The normalized spacial score (nSPS) is 13.9. The van der Waals surface area contributed by atoms with Gasteiger partial charge in [-0.3, -0.25) is 0 Å². The van der Waals surface area contributed by atoms with E-state index in [2.05, 4.69) is 65.8 Å². The van der Waals surface area contributed by atoms with Crippen molar-refractivity contribution in [3.63, 3.8) is 0 Å². The molecule has 0 saturated heterocycles. The molecule has 6 heteroatoms. The van der Waals surface area contributed by atoms with E-state index in [0.717, 1.165) is 22.6 Å². The average molecular weight is 672 g/mol. The Balaban J connectivity index is 1.64. The van der Waals surface area contributed by atoms with Gasteiger partial charge in [0, 0.05) is 0 Å². The molecule has 0 spiro atoms. The summed E-state index contributed by atoms with van der Waals surface area (Å²) in [7, 11) is 15.0. The Kier molecular flexibility index (Phi) is 9.89. The third-order valence-corrected chi connectivity index (χ3v) is 69.0. The van der Waals surface area contributed by atoms with Crippen LogP contribution in [-0.2, 0) is 26.8 Å². The summed E-state index contributed by atoms with van der Waals surface area (Å²) in [5.41, 5.74) is 5.06. The fourth-order valence-corrected chi connectivity index (χ4v) is 30.9. The van der Waals surface area contributed by atoms with E-state index in [0.29, 0.717) is 6.42 Å². The van der Waals surface area contributed by atoms with Gasteiger partial charge in [0.25, 0.3) is 0 Å². The molecule has 0 bridgehead atoms. The van der Waals surface area contributed by atoms with Gasteiger partial charge in [-0.25, -0.2) is 0 Å². The summed E-state index contributed by atoms with van der Waals surface area (Å²) in [6.45, 7) is 6.66. The molecule has 2 aromatic carbocycles. The Hall–Kier alpha value is -0.423.